The number of hydrogen-bond acceptors (Lipinski definition) is 5. The van der Waals surface area contributed by atoms with Crippen molar-refractivity contribution < 1.29 is 0 Å². The van der Waals surface area contributed by atoms with Crippen LogP contribution in [0, 0.1) is 6.92 Å². The van der Waals surface area contributed by atoms with Gasteiger partial charge in [-0.1, -0.05) is 6.07 Å². The quantitative estimate of drug-likeness (QED) is 0.808. The number of rotatable bonds is 3. The van der Waals surface area contributed by atoms with E-state index in [2.05, 4.69) is 20.3 Å². The second kappa shape index (κ2) is 4.57. The Hall–Kier alpha value is -2.17. The van der Waals surface area contributed by atoms with Gasteiger partial charge in [0.15, 0.2) is 0 Å². The molecule has 0 saturated carbocycles. The molecule has 0 unspecified atom stereocenters. The SMILES string of the molecule is Cc1nc(N)cc(NCc2cccnc2)n1. The Balaban J connectivity index is 2.05. The number of aromatic nitrogens is 3. The Labute approximate surface area is 93.8 Å². The van der Waals surface area contributed by atoms with Gasteiger partial charge in [-0.2, -0.15) is 0 Å². The lowest BCUT2D eigenvalue weighted by molar-refractivity contribution is 1.02. The van der Waals surface area contributed by atoms with Crippen molar-refractivity contribution in [2.24, 2.45) is 0 Å². The number of nitrogen functional groups attached to an aromatic ring is 1. The number of nitrogens with zero attached hydrogens (tertiary/aromatic N) is 3. The predicted molar refractivity (Wildman–Crippen MR) is 62.7 cm³/mol. The van der Waals surface area contributed by atoms with Crippen LogP contribution < -0.4 is 11.1 Å². The highest BCUT2D eigenvalue weighted by molar-refractivity contribution is 5.44. The maximum absolute atomic E-state index is 5.62. The van der Waals surface area contributed by atoms with E-state index in [1.165, 1.54) is 0 Å². The molecule has 2 rings (SSSR count). The molecule has 0 atom stereocenters. The van der Waals surface area contributed by atoms with Gasteiger partial charge in [0.25, 0.3) is 0 Å². The zero-order valence-corrected chi connectivity index (χ0v) is 9.01. The number of nitrogens with one attached hydrogen (secondary N) is 1. The summed E-state index contributed by atoms with van der Waals surface area (Å²) in [5.41, 5.74) is 6.72. The summed E-state index contributed by atoms with van der Waals surface area (Å²) < 4.78 is 0. The van der Waals surface area contributed by atoms with Gasteiger partial charge in [0.1, 0.15) is 17.5 Å². The van der Waals surface area contributed by atoms with E-state index in [4.69, 9.17) is 5.73 Å². The van der Waals surface area contributed by atoms with Crippen LogP contribution in [0.2, 0.25) is 0 Å². The van der Waals surface area contributed by atoms with Gasteiger partial charge in [-0.25, -0.2) is 9.97 Å². The van der Waals surface area contributed by atoms with Crippen molar-refractivity contribution in [3.8, 4) is 0 Å². The van der Waals surface area contributed by atoms with E-state index >= 15 is 0 Å². The standard InChI is InChI=1S/C11H13N5/c1-8-15-10(12)5-11(16-8)14-7-9-3-2-4-13-6-9/h2-6H,7H2,1H3,(H3,12,14,15,16). The topological polar surface area (TPSA) is 76.7 Å². The average Bonchev–Trinajstić information content (AvgIpc) is 2.27. The Morgan fingerprint density at radius 2 is 2.25 bits per heavy atom. The van der Waals surface area contributed by atoms with Gasteiger partial charge in [0, 0.05) is 25.0 Å². The molecule has 16 heavy (non-hydrogen) atoms. The Morgan fingerprint density at radius 1 is 1.38 bits per heavy atom. The molecule has 2 aromatic rings. The van der Waals surface area contributed by atoms with Crippen molar-refractivity contribution in [2.75, 3.05) is 11.1 Å². The van der Waals surface area contributed by atoms with Crippen LogP contribution in [0.4, 0.5) is 11.6 Å². The number of nitrogens with two attached hydrogens (primary N) is 1. The summed E-state index contributed by atoms with van der Waals surface area (Å²) in [7, 11) is 0. The van der Waals surface area contributed by atoms with Crippen LogP contribution in [0.25, 0.3) is 0 Å². The molecule has 0 aromatic carbocycles. The molecule has 2 aromatic heterocycles. The molecular formula is C11H13N5. The van der Waals surface area contributed by atoms with Crippen molar-refractivity contribution in [3.63, 3.8) is 0 Å². The molecule has 0 aliphatic heterocycles. The number of anilines is 2. The lowest BCUT2D eigenvalue weighted by atomic mass is 10.3. The molecule has 0 saturated heterocycles. The third-order valence-electron chi connectivity index (χ3n) is 2.05. The molecule has 0 fully saturated rings. The lowest BCUT2D eigenvalue weighted by Gasteiger charge is -2.06. The minimum atomic E-state index is 0.473. The van der Waals surface area contributed by atoms with Gasteiger partial charge in [0.05, 0.1) is 0 Å². The van der Waals surface area contributed by atoms with Crippen molar-refractivity contribution in [1.29, 1.82) is 0 Å². The molecule has 0 aliphatic rings. The summed E-state index contributed by atoms with van der Waals surface area (Å²) in [5.74, 6) is 1.86. The van der Waals surface area contributed by atoms with Crippen molar-refractivity contribution >= 4 is 11.6 Å². The Kier molecular flexibility index (Phi) is 2.95. The van der Waals surface area contributed by atoms with E-state index in [0.717, 1.165) is 11.4 Å². The van der Waals surface area contributed by atoms with E-state index in [1.807, 2.05) is 25.3 Å². The zero-order chi connectivity index (χ0) is 11.4. The van der Waals surface area contributed by atoms with E-state index in [-0.39, 0.29) is 0 Å². The molecule has 2 heterocycles. The highest BCUT2D eigenvalue weighted by Gasteiger charge is 1.98. The molecule has 0 aliphatic carbocycles. The van der Waals surface area contributed by atoms with Crippen molar-refractivity contribution in [3.05, 3.63) is 42.0 Å². The van der Waals surface area contributed by atoms with Gasteiger partial charge < -0.3 is 11.1 Å². The molecule has 0 spiro atoms. The van der Waals surface area contributed by atoms with E-state index in [9.17, 15) is 0 Å². The molecule has 0 bridgehead atoms. The maximum atomic E-state index is 5.62. The third kappa shape index (κ3) is 2.66. The molecule has 3 N–H and O–H groups in total. The summed E-state index contributed by atoms with van der Waals surface area (Å²) in [5, 5.41) is 3.17. The summed E-state index contributed by atoms with van der Waals surface area (Å²) in [6.07, 6.45) is 3.56. The lowest BCUT2D eigenvalue weighted by Crippen LogP contribution is -2.04. The smallest absolute Gasteiger partial charge is 0.132 e. The number of hydrogen-bond donors (Lipinski definition) is 2. The summed E-state index contributed by atoms with van der Waals surface area (Å²) in [6.45, 7) is 2.48. The molecule has 0 amide bonds. The largest absolute Gasteiger partial charge is 0.384 e. The molecule has 82 valence electrons. The minimum Gasteiger partial charge on any atom is -0.384 e. The Morgan fingerprint density at radius 3 is 2.94 bits per heavy atom. The van der Waals surface area contributed by atoms with E-state index < -0.39 is 0 Å². The van der Waals surface area contributed by atoms with E-state index in [1.54, 1.807) is 12.3 Å². The fourth-order valence-corrected chi connectivity index (χ4v) is 1.38. The summed E-state index contributed by atoms with van der Waals surface area (Å²) >= 11 is 0. The van der Waals surface area contributed by atoms with Gasteiger partial charge in [-0.15, -0.1) is 0 Å². The van der Waals surface area contributed by atoms with Gasteiger partial charge in [-0.05, 0) is 18.6 Å². The van der Waals surface area contributed by atoms with Crippen LogP contribution in [0.5, 0.6) is 0 Å². The first-order valence-corrected chi connectivity index (χ1v) is 4.98. The van der Waals surface area contributed by atoms with Crippen LogP contribution in [-0.4, -0.2) is 15.0 Å². The highest BCUT2D eigenvalue weighted by atomic mass is 15.0. The monoisotopic (exact) mass is 215 g/mol. The van der Waals surface area contributed by atoms with Crippen LogP contribution >= 0.6 is 0 Å². The van der Waals surface area contributed by atoms with Crippen LogP contribution in [0.3, 0.4) is 0 Å². The fraction of sp³-hybridized carbons (Fsp3) is 0.182. The van der Waals surface area contributed by atoms with Crippen LogP contribution in [-0.2, 0) is 6.54 Å². The second-order valence-electron chi connectivity index (χ2n) is 3.44. The summed E-state index contributed by atoms with van der Waals surface area (Å²) in [4.78, 5) is 12.3. The van der Waals surface area contributed by atoms with Crippen LogP contribution in [0.1, 0.15) is 11.4 Å². The second-order valence-corrected chi connectivity index (χ2v) is 3.44. The van der Waals surface area contributed by atoms with Gasteiger partial charge in [-0.3, -0.25) is 4.98 Å². The minimum absolute atomic E-state index is 0.473. The first-order valence-electron chi connectivity index (χ1n) is 4.98. The molecule has 5 nitrogen and oxygen atoms in total. The first kappa shape index (κ1) is 10.4. The highest BCUT2D eigenvalue weighted by Crippen LogP contribution is 2.09. The zero-order valence-electron chi connectivity index (χ0n) is 9.01. The van der Waals surface area contributed by atoms with Crippen LogP contribution in [0.15, 0.2) is 30.6 Å². The van der Waals surface area contributed by atoms with Gasteiger partial charge in [0.2, 0.25) is 0 Å². The molecule has 5 heteroatoms. The Bertz CT molecular complexity index is 449. The third-order valence-corrected chi connectivity index (χ3v) is 2.05. The first-order chi connectivity index (χ1) is 7.74. The molecule has 0 radical (unpaired) electrons. The van der Waals surface area contributed by atoms with Crippen molar-refractivity contribution in [2.45, 2.75) is 13.5 Å². The van der Waals surface area contributed by atoms with Gasteiger partial charge >= 0.3 is 0 Å². The predicted octanol–water partition coefficient (Wildman–Crippen LogP) is 1.37. The maximum Gasteiger partial charge on any atom is 0.132 e. The van der Waals surface area contributed by atoms with Crippen molar-refractivity contribution in [1.82, 2.24) is 15.0 Å². The normalized spacial score (nSPS) is 10.1. The molecular weight excluding hydrogens is 202 g/mol. The number of aryl methyl sites for hydroxylation is 1. The fourth-order valence-electron chi connectivity index (χ4n) is 1.38. The average molecular weight is 215 g/mol. The number of pyridine rings is 1. The van der Waals surface area contributed by atoms with E-state index in [0.29, 0.717) is 18.2 Å². The summed E-state index contributed by atoms with van der Waals surface area (Å²) in [6, 6.07) is 5.61.